The van der Waals surface area contributed by atoms with Crippen molar-refractivity contribution in [2.24, 2.45) is 0 Å². The fourth-order valence-electron chi connectivity index (χ4n) is 3.03. The lowest BCUT2D eigenvalue weighted by atomic mass is 10.1. The van der Waals surface area contributed by atoms with Gasteiger partial charge in [0.2, 0.25) is 5.91 Å². The molecule has 7 nitrogen and oxygen atoms in total. The molecule has 0 aliphatic carbocycles. The van der Waals surface area contributed by atoms with Crippen LogP contribution in [-0.2, 0) is 29.0 Å². The number of carbonyl (C=O) groups excluding carboxylic acids is 1. The predicted octanol–water partition coefficient (Wildman–Crippen LogP) is 2.49. The SMILES string of the molecule is O=C(Cc1cc(-c2ccccc2)on1)NCc1nc(CN2CCOCC2)cs1. The third kappa shape index (κ3) is 5.03. The van der Waals surface area contributed by atoms with Crippen LogP contribution in [-0.4, -0.2) is 47.3 Å². The maximum Gasteiger partial charge on any atom is 0.226 e. The van der Waals surface area contributed by atoms with Crippen molar-refractivity contribution >= 4 is 17.2 Å². The van der Waals surface area contributed by atoms with Gasteiger partial charge in [0.05, 0.1) is 37.6 Å². The first-order valence-corrected chi connectivity index (χ1v) is 10.2. The summed E-state index contributed by atoms with van der Waals surface area (Å²) in [4.78, 5) is 19.2. The molecule has 0 atom stereocenters. The van der Waals surface area contributed by atoms with Gasteiger partial charge in [-0.05, 0) is 0 Å². The molecule has 4 rings (SSSR count). The van der Waals surface area contributed by atoms with Gasteiger partial charge in [0, 0.05) is 36.6 Å². The van der Waals surface area contributed by atoms with E-state index in [1.165, 1.54) is 0 Å². The molecule has 1 fully saturated rings. The van der Waals surface area contributed by atoms with E-state index < -0.39 is 0 Å². The van der Waals surface area contributed by atoms with Crippen molar-refractivity contribution in [3.63, 3.8) is 0 Å². The normalized spacial score (nSPS) is 14.9. The second-order valence-corrected chi connectivity index (χ2v) is 7.57. The first kappa shape index (κ1) is 18.8. The molecule has 146 valence electrons. The molecule has 3 aromatic rings. The van der Waals surface area contributed by atoms with Gasteiger partial charge in [-0.2, -0.15) is 0 Å². The Bertz CT molecular complexity index is 903. The summed E-state index contributed by atoms with van der Waals surface area (Å²) in [5.74, 6) is 0.564. The highest BCUT2D eigenvalue weighted by atomic mass is 32.1. The second kappa shape index (κ2) is 9.09. The number of nitrogens with one attached hydrogen (secondary N) is 1. The maximum atomic E-state index is 12.2. The van der Waals surface area contributed by atoms with Crippen LogP contribution in [0.2, 0.25) is 0 Å². The molecule has 28 heavy (non-hydrogen) atoms. The number of ether oxygens (including phenoxy) is 1. The number of thiazole rings is 1. The van der Waals surface area contributed by atoms with Crippen molar-refractivity contribution in [3.05, 3.63) is 58.2 Å². The number of hydrogen-bond acceptors (Lipinski definition) is 7. The number of rotatable bonds is 7. The Labute approximate surface area is 167 Å². The molecule has 1 aliphatic heterocycles. The van der Waals surface area contributed by atoms with Gasteiger partial charge in [-0.15, -0.1) is 11.3 Å². The zero-order valence-corrected chi connectivity index (χ0v) is 16.3. The van der Waals surface area contributed by atoms with E-state index in [-0.39, 0.29) is 12.3 Å². The second-order valence-electron chi connectivity index (χ2n) is 6.62. The minimum Gasteiger partial charge on any atom is -0.379 e. The van der Waals surface area contributed by atoms with Crippen LogP contribution in [0.5, 0.6) is 0 Å². The highest BCUT2D eigenvalue weighted by Crippen LogP contribution is 2.20. The molecule has 0 spiro atoms. The van der Waals surface area contributed by atoms with Crippen LogP contribution in [0.1, 0.15) is 16.4 Å². The van der Waals surface area contributed by atoms with E-state index in [1.54, 1.807) is 17.4 Å². The average Bonchev–Trinajstić information content (AvgIpc) is 3.37. The van der Waals surface area contributed by atoms with Crippen LogP contribution in [0, 0.1) is 0 Å². The van der Waals surface area contributed by atoms with Gasteiger partial charge in [0.25, 0.3) is 0 Å². The molecule has 8 heteroatoms. The number of carbonyl (C=O) groups is 1. The molecule has 0 saturated carbocycles. The number of nitrogens with zero attached hydrogens (tertiary/aromatic N) is 3. The minimum atomic E-state index is -0.0992. The van der Waals surface area contributed by atoms with Gasteiger partial charge in [-0.25, -0.2) is 4.98 Å². The summed E-state index contributed by atoms with van der Waals surface area (Å²) >= 11 is 1.57. The van der Waals surface area contributed by atoms with Crippen molar-refractivity contribution in [1.29, 1.82) is 0 Å². The summed E-state index contributed by atoms with van der Waals surface area (Å²) in [6.07, 6.45) is 0.183. The van der Waals surface area contributed by atoms with Crippen LogP contribution in [0.15, 0.2) is 46.3 Å². The maximum absolute atomic E-state index is 12.2. The molecule has 1 N–H and O–H groups in total. The highest BCUT2D eigenvalue weighted by Gasteiger charge is 2.14. The molecule has 1 saturated heterocycles. The summed E-state index contributed by atoms with van der Waals surface area (Å²) < 4.78 is 10.7. The Morgan fingerprint density at radius 1 is 1.18 bits per heavy atom. The van der Waals surface area contributed by atoms with Crippen LogP contribution in [0.3, 0.4) is 0 Å². The molecule has 1 aromatic carbocycles. The number of aromatic nitrogens is 2. The molecule has 0 bridgehead atoms. The molecule has 0 radical (unpaired) electrons. The smallest absolute Gasteiger partial charge is 0.226 e. The third-order valence-corrected chi connectivity index (χ3v) is 5.38. The average molecular weight is 398 g/mol. The van der Waals surface area contributed by atoms with E-state index in [4.69, 9.17) is 9.26 Å². The molecule has 1 aliphatic rings. The topological polar surface area (TPSA) is 80.5 Å². The number of benzene rings is 1. The molecule has 0 unspecified atom stereocenters. The number of hydrogen-bond donors (Lipinski definition) is 1. The van der Waals surface area contributed by atoms with E-state index in [1.807, 2.05) is 30.3 Å². The van der Waals surface area contributed by atoms with Crippen molar-refractivity contribution < 1.29 is 14.1 Å². The lowest BCUT2D eigenvalue weighted by Crippen LogP contribution is -2.35. The molecular formula is C20H22N4O3S. The van der Waals surface area contributed by atoms with Gasteiger partial charge in [-0.1, -0.05) is 35.5 Å². The van der Waals surface area contributed by atoms with Crippen LogP contribution in [0.25, 0.3) is 11.3 Å². The molecule has 1 amide bonds. The standard InChI is InChI=1S/C20H22N4O3S/c25-19(11-16-10-18(27-23-16)15-4-2-1-3-5-15)21-12-20-22-17(14-28-20)13-24-6-8-26-9-7-24/h1-5,10,14H,6-9,11-13H2,(H,21,25). The fourth-order valence-corrected chi connectivity index (χ4v) is 3.75. The molecular weight excluding hydrogens is 376 g/mol. The summed E-state index contributed by atoms with van der Waals surface area (Å²) in [5, 5.41) is 9.86. The van der Waals surface area contributed by atoms with Crippen LogP contribution >= 0.6 is 11.3 Å². The Balaban J connectivity index is 1.25. The van der Waals surface area contributed by atoms with E-state index >= 15 is 0 Å². The van der Waals surface area contributed by atoms with E-state index in [0.717, 1.165) is 49.1 Å². The third-order valence-electron chi connectivity index (χ3n) is 4.48. The fraction of sp³-hybridized carbons (Fsp3) is 0.350. The Kier molecular flexibility index (Phi) is 6.11. The lowest BCUT2D eigenvalue weighted by Gasteiger charge is -2.25. The molecule has 3 heterocycles. The lowest BCUT2D eigenvalue weighted by molar-refractivity contribution is -0.120. The van der Waals surface area contributed by atoms with E-state index in [9.17, 15) is 4.79 Å². The summed E-state index contributed by atoms with van der Waals surface area (Å²) in [5.41, 5.74) is 2.60. The van der Waals surface area contributed by atoms with E-state index in [0.29, 0.717) is 18.0 Å². The summed E-state index contributed by atoms with van der Waals surface area (Å²) in [6, 6.07) is 11.5. The highest BCUT2D eigenvalue weighted by molar-refractivity contribution is 7.09. The quantitative estimate of drug-likeness (QED) is 0.659. The largest absolute Gasteiger partial charge is 0.379 e. The summed E-state index contributed by atoms with van der Waals surface area (Å²) in [7, 11) is 0. The zero-order valence-electron chi connectivity index (χ0n) is 15.5. The molecule has 2 aromatic heterocycles. The van der Waals surface area contributed by atoms with Crippen LogP contribution in [0.4, 0.5) is 0 Å². The van der Waals surface area contributed by atoms with Crippen LogP contribution < -0.4 is 5.32 Å². The van der Waals surface area contributed by atoms with Crippen molar-refractivity contribution in [2.45, 2.75) is 19.5 Å². The Hall–Kier alpha value is -2.55. The zero-order chi connectivity index (χ0) is 19.2. The van der Waals surface area contributed by atoms with Crippen molar-refractivity contribution in [1.82, 2.24) is 20.4 Å². The Morgan fingerprint density at radius 3 is 2.82 bits per heavy atom. The van der Waals surface area contributed by atoms with E-state index in [2.05, 4.69) is 25.7 Å². The Morgan fingerprint density at radius 2 is 2.00 bits per heavy atom. The number of morpholine rings is 1. The van der Waals surface area contributed by atoms with Gasteiger partial charge in [-0.3, -0.25) is 9.69 Å². The summed E-state index contributed by atoms with van der Waals surface area (Å²) in [6.45, 7) is 4.69. The van der Waals surface area contributed by atoms with Gasteiger partial charge < -0.3 is 14.6 Å². The van der Waals surface area contributed by atoms with Crippen molar-refractivity contribution in [3.8, 4) is 11.3 Å². The minimum absolute atomic E-state index is 0.0992. The first-order valence-electron chi connectivity index (χ1n) is 9.27. The monoisotopic (exact) mass is 398 g/mol. The number of amides is 1. The first-order chi connectivity index (χ1) is 13.8. The van der Waals surface area contributed by atoms with Gasteiger partial charge in [0.15, 0.2) is 5.76 Å². The van der Waals surface area contributed by atoms with Gasteiger partial charge in [0.1, 0.15) is 5.01 Å². The predicted molar refractivity (Wildman–Crippen MR) is 106 cm³/mol. The van der Waals surface area contributed by atoms with Gasteiger partial charge >= 0.3 is 0 Å². The van der Waals surface area contributed by atoms with Crippen molar-refractivity contribution in [2.75, 3.05) is 26.3 Å².